The number of fused-ring (bicyclic) bond motifs is 1. The van der Waals surface area contributed by atoms with Gasteiger partial charge in [-0.05, 0) is 29.8 Å². The van der Waals surface area contributed by atoms with Crippen molar-refractivity contribution in [2.75, 3.05) is 4.90 Å². The maximum absolute atomic E-state index is 13.7. The van der Waals surface area contributed by atoms with Crippen LogP contribution in [0.5, 0.6) is 0 Å². The third-order valence-corrected chi connectivity index (χ3v) is 6.94. The van der Waals surface area contributed by atoms with Gasteiger partial charge >= 0.3 is 0 Å². The average molecular weight is 517 g/mol. The molecule has 2 aliphatic heterocycles. The second kappa shape index (κ2) is 9.14. The highest BCUT2D eigenvalue weighted by atomic mass is 16.6. The first kappa shape index (κ1) is 23.9. The maximum atomic E-state index is 13.7. The summed E-state index contributed by atoms with van der Waals surface area (Å²) in [4.78, 5) is 66.2. The Morgan fingerprint density at radius 3 is 2.08 bits per heavy atom. The SMILES string of the molecule is O=C(c1ccccc1)[C@@H]1[C@@H](c2ccccc2)N1C(=O)c1ccc2c(c1)C(=O)N(c1cccc([N+](=O)[O-])c1)C2=O. The van der Waals surface area contributed by atoms with E-state index in [-0.39, 0.29) is 33.8 Å². The van der Waals surface area contributed by atoms with Crippen molar-refractivity contribution in [2.24, 2.45) is 0 Å². The lowest BCUT2D eigenvalue weighted by Crippen LogP contribution is -2.29. The van der Waals surface area contributed by atoms with Gasteiger partial charge < -0.3 is 4.90 Å². The maximum Gasteiger partial charge on any atom is 0.271 e. The van der Waals surface area contributed by atoms with Gasteiger partial charge in [-0.1, -0.05) is 66.7 Å². The molecule has 9 nitrogen and oxygen atoms in total. The van der Waals surface area contributed by atoms with Crippen LogP contribution in [0.1, 0.15) is 53.0 Å². The van der Waals surface area contributed by atoms with Crippen molar-refractivity contribution in [2.45, 2.75) is 12.1 Å². The van der Waals surface area contributed by atoms with Gasteiger partial charge in [0.1, 0.15) is 6.04 Å². The summed E-state index contributed by atoms with van der Waals surface area (Å²) in [7, 11) is 0. The average Bonchev–Trinajstić information content (AvgIpc) is 3.67. The molecule has 0 N–H and O–H groups in total. The van der Waals surface area contributed by atoms with Crippen LogP contribution in [0.3, 0.4) is 0 Å². The van der Waals surface area contributed by atoms with Crippen LogP contribution in [0.25, 0.3) is 0 Å². The van der Waals surface area contributed by atoms with E-state index in [1.807, 2.05) is 30.3 Å². The molecule has 2 atom stereocenters. The van der Waals surface area contributed by atoms with Gasteiger partial charge in [-0.15, -0.1) is 0 Å². The van der Waals surface area contributed by atoms with Crippen LogP contribution < -0.4 is 4.90 Å². The summed E-state index contributed by atoms with van der Waals surface area (Å²) in [6.07, 6.45) is 0. The van der Waals surface area contributed by atoms with Crippen molar-refractivity contribution in [1.29, 1.82) is 0 Å². The first-order valence-corrected chi connectivity index (χ1v) is 12.1. The number of rotatable bonds is 6. The number of hydrogen-bond donors (Lipinski definition) is 0. The zero-order valence-corrected chi connectivity index (χ0v) is 20.3. The number of carbonyl (C=O) groups excluding carboxylic acids is 4. The minimum atomic E-state index is -0.714. The molecule has 3 amide bonds. The molecule has 39 heavy (non-hydrogen) atoms. The number of anilines is 1. The Kier molecular flexibility index (Phi) is 5.61. The first-order chi connectivity index (χ1) is 18.9. The predicted octanol–water partition coefficient (Wildman–Crippen LogP) is 4.84. The molecule has 0 aromatic heterocycles. The van der Waals surface area contributed by atoms with E-state index >= 15 is 0 Å². The summed E-state index contributed by atoms with van der Waals surface area (Å²) in [6.45, 7) is 0. The van der Waals surface area contributed by atoms with Gasteiger partial charge in [0.05, 0.1) is 27.8 Å². The van der Waals surface area contributed by atoms with Gasteiger partial charge in [-0.2, -0.15) is 0 Å². The van der Waals surface area contributed by atoms with E-state index in [0.29, 0.717) is 5.56 Å². The summed E-state index contributed by atoms with van der Waals surface area (Å²) in [5, 5.41) is 11.2. The summed E-state index contributed by atoms with van der Waals surface area (Å²) in [5.41, 5.74) is 1.35. The summed E-state index contributed by atoms with van der Waals surface area (Å²) in [5.74, 6) is -1.97. The number of ketones is 1. The third-order valence-electron chi connectivity index (χ3n) is 6.94. The lowest BCUT2D eigenvalue weighted by molar-refractivity contribution is -0.384. The van der Waals surface area contributed by atoms with E-state index in [2.05, 4.69) is 0 Å². The van der Waals surface area contributed by atoms with Crippen LogP contribution in [-0.2, 0) is 0 Å². The Morgan fingerprint density at radius 2 is 1.38 bits per heavy atom. The number of nitro benzene ring substituents is 1. The standard InChI is InChI=1S/C30H19N3O6/c34-27(19-10-5-2-6-11-19)26-25(18-8-3-1-4-9-18)32(26)28(35)20-14-15-23-24(16-20)30(37)31(29(23)36)21-12-7-13-22(17-21)33(38)39/h1-17,25-26H/t25-,26+,32?/m1/s1. The fourth-order valence-corrected chi connectivity index (χ4v) is 5.02. The quantitative estimate of drug-likeness (QED) is 0.119. The van der Waals surface area contributed by atoms with Crippen LogP contribution in [-0.4, -0.2) is 39.4 Å². The lowest BCUT2D eigenvalue weighted by atomic mass is 10.0. The zero-order valence-electron chi connectivity index (χ0n) is 20.3. The minimum Gasteiger partial charge on any atom is -0.316 e. The van der Waals surface area contributed by atoms with Gasteiger partial charge in [-0.3, -0.25) is 29.3 Å². The van der Waals surface area contributed by atoms with E-state index in [1.165, 1.54) is 41.3 Å². The molecule has 0 spiro atoms. The first-order valence-electron chi connectivity index (χ1n) is 12.1. The molecule has 6 rings (SSSR count). The molecule has 2 aliphatic rings. The highest BCUT2D eigenvalue weighted by Gasteiger charge is 2.56. The van der Waals surface area contributed by atoms with Crippen molar-refractivity contribution < 1.29 is 24.1 Å². The Balaban J connectivity index is 1.33. The molecular formula is C30H19N3O6. The number of non-ortho nitro benzene ring substituents is 1. The van der Waals surface area contributed by atoms with Crippen molar-refractivity contribution in [3.63, 3.8) is 0 Å². The fraction of sp³-hybridized carbons (Fsp3) is 0.0667. The largest absolute Gasteiger partial charge is 0.316 e. The molecule has 0 aliphatic carbocycles. The number of nitro groups is 1. The normalized spacial score (nSPS) is 17.6. The molecule has 0 saturated carbocycles. The molecule has 1 saturated heterocycles. The smallest absolute Gasteiger partial charge is 0.271 e. The molecule has 0 radical (unpaired) electrons. The van der Waals surface area contributed by atoms with Gasteiger partial charge in [0.2, 0.25) is 0 Å². The van der Waals surface area contributed by atoms with Crippen LogP contribution in [0, 0.1) is 10.1 Å². The van der Waals surface area contributed by atoms with Crippen LogP contribution in [0.15, 0.2) is 103 Å². The number of amides is 3. The number of nitrogens with zero attached hydrogens (tertiary/aromatic N) is 3. The number of carbonyl (C=O) groups is 4. The molecule has 0 unspecified atom stereocenters. The molecule has 0 bridgehead atoms. The van der Waals surface area contributed by atoms with Crippen molar-refractivity contribution in [1.82, 2.24) is 4.90 Å². The van der Waals surface area contributed by atoms with Gasteiger partial charge in [0, 0.05) is 23.3 Å². The Bertz CT molecular complexity index is 1690. The number of hydrogen-bond acceptors (Lipinski definition) is 6. The van der Waals surface area contributed by atoms with Crippen molar-refractivity contribution in [3.8, 4) is 0 Å². The third kappa shape index (κ3) is 3.97. The van der Waals surface area contributed by atoms with Crippen LogP contribution in [0.2, 0.25) is 0 Å². The van der Waals surface area contributed by atoms with E-state index in [0.717, 1.165) is 16.5 Å². The number of Topliss-reactive ketones (excluding diaryl/α,β-unsaturated/α-hetero) is 1. The Morgan fingerprint density at radius 1 is 0.718 bits per heavy atom. The second-order valence-electron chi connectivity index (χ2n) is 9.23. The van der Waals surface area contributed by atoms with E-state index in [9.17, 15) is 29.3 Å². The van der Waals surface area contributed by atoms with Crippen molar-refractivity contribution >= 4 is 34.9 Å². The minimum absolute atomic E-state index is 0.0152. The molecular weight excluding hydrogens is 498 g/mol. The van der Waals surface area contributed by atoms with Gasteiger partial charge in [0.15, 0.2) is 5.78 Å². The van der Waals surface area contributed by atoms with E-state index < -0.39 is 34.7 Å². The van der Waals surface area contributed by atoms with Gasteiger partial charge in [0.25, 0.3) is 23.4 Å². The monoisotopic (exact) mass is 517 g/mol. The molecule has 190 valence electrons. The molecule has 9 heteroatoms. The Labute approximate surface area is 222 Å². The second-order valence-corrected chi connectivity index (χ2v) is 9.23. The number of imide groups is 1. The molecule has 1 fully saturated rings. The van der Waals surface area contributed by atoms with Gasteiger partial charge in [-0.25, -0.2) is 4.90 Å². The topological polar surface area (TPSA) is 118 Å². The number of benzene rings is 4. The lowest BCUT2D eigenvalue weighted by Gasteiger charge is -2.13. The summed E-state index contributed by atoms with van der Waals surface area (Å²) >= 11 is 0. The van der Waals surface area contributed by atoms with E-state index in [1.54, 1.807) is 30.3 Å². The highest BCUT2D eigenvalue weighted by molar-refractivity contribution is 6.34. The predicted molar refractivity (Wildman–Crippen MR) is 141 cm³/mol. The highest BCUT2D eigenvalue weighted by Crippen LogP contribution is 2.46. The van der Waals surface area contributed by atoms with Crippen LogP contribution in [0.4, 0.5) is 11.4 Å². The molecule has 4 aromatic carbocycles. The molecule has 2 heterocycles. The van der Waals surface area contributed by atoms with Crippen LogP contribution >= 0.6 is 0 Å². The molecule has 4 aromatic rings. The zero-order chi connectivity index (χ0) is 27.3. The summed E-state index contributed by atoms with van der Waals surface area (Å²) < 4.78 is 0. The fourth-order valence-electron chi connectivity index (χ4n) is 5.02. The summed E-state index contributed by atoms with van der Waals surface area (Å²) in [6, 6.07) is 26.2. The Hall–Kier alpha value is -5.44. The van der Waals surface area contributed by atoms with E-state index in [4.69, 9.17) is 0 Å². The van der Waals surface area contributed by atoms with Crippen molar-refractivity contribution in [3.05, 3.63) is 141 Å².